The van der Waals surface area contributed by atoms with E-state index in [0.717, 1.165) is 22.6 Å². The van der Waals surface area contributed by atoms with Crippen molar-refractivity contribution >= 4 is 11.6 Å². The number of H-pyrrole nitrogens is 1. The molecule has 1 amide bonds. The highest BCUT2D eigenvalue weighted by atomic mass is 16.1. The fourth-order valence-corrected chi connectivity index (χ4v) is 2.01. The number of aromatic nitrogens is 3. The summed E-state index contributed by atoms with van der Waals surface area (Å²) in [7, 11) is 0. The average Bonchev–Trinajstić information content (AvgIpc) is 3.02. The summed E-state index contributed by atoms with van der Waals surface area (Å²) in [6.45, 7) is 1.86. The van der Waals surface area contributed by atoms with Crippen molar-refractivity contribution in [2.75, 3.05) is 5.32 Å². The standard InChI is InChI=1S/C16H14N4O/c1-11-3-2-4-14(19-11)16(21)20-13-7-5-12(6-8-13)15-9-17-10-18-15/h2-10H,1H3,(H,17,18)(H,20,21). The van der Waals surface area contributed by atoms with Crippen LogP contribution >= 0.6 is 0 Å². The first-order chi connectivity index (χ1) is 10.2. The number of pyridine rings is 1. The fraction of sp³-hybridized carbons (Fsp3) is 0.0625. The minimum absolute atomic E-state index is 0.215. The number of carbonyl (C=O) groups excluding carboxylic acids is 1. The van der Waals surface area contributed by atoms with E-state index in [1.165, 1.54) is 0 Å². The molecule has 2 heterocycles. The lowest BCUT2D eigenvalue weighted by molar-refractivity contribution is 0.102. The minimum atomic E-state index is -0.215. The number of nitrogens with one attached hydrogen (secondary N) is 2. The summed E-state index contributed by atoms with van der Waals surface area (Å²) >= 11 is 0. The monoisotopic (exact) mass is 278 g/mol. The molecule has 0 aliphatic rings. The van der Waals surface area contributed by atoms with E-state index < -0.39 is 0 Å². The van der Waals surface area contributed by atoms with Crippen LogP contribution in [0.4, 0.5) is 5.69 Å². The lowest BCUT2D eigenvalue weighted by Gasteiger charge is -2.06. The highest BCUT2D eigenvalue weighted by Crippen LogP contribution is 2.19. The summed E-state index contributed by atoms with van der Waals surface area (Å²) < 4.78 is 0. The smallest absolute Gasteiger partial charge is 0.274 e. The van der Waals surface area contributed by atoms with Crippen LogP contribution in [-0.4, -0.2) is 20.9 Å². The number of amides is 1. The zero-order valence-electron chi connectivity index (χ0n) is 11.5. The molecule has 0 radical (unpaired) electrons. The van der Waals surface area contributed by atoms with Gasteiger partial charge < -0.3 is 10.3 Å². The Morgan fingerprint density at radius 3 is 2.62 bits per heavy atom. The van der Waals surface area contributed by atoms with Gasteiger partial charge in [0.05, 0.1) is 18.2 Å². The molecule has 2 aromatic heterocycles. The van der Waals surface area contributed by atoms with Gasteiger partial charge in [-0.1, -0.05) is 18.2 Å². The molecular weight excluding hydrogens is 264 g/mol. The molecule has 104 valence electrons. The van der Waals surface area contributed by atoms with Crippen molar-refractivity contribution in [2.24, 2.45) is 0 Å². The maximum absolute atomic E-state index is 12.1. The quantitative estimate of drug-likeness (QED) is 0.773. The first-order valence-corrected chi connectivity index (χ1v) is 6.56. The molecule has 0 unspecified atom stereocenters. The van der Waals surface area contributed by atoms with E-state index in [2.05, 4.69) is 20.3 Å². The molecule has 0 aliphatic carbocycles. The Hall–Kier alpha value is -2.95. The van der Waals surface area contributed by atoms with Crippen LogP contribution in [0.15, 0.2) is 55.0 Å². The molecule has 0 saturated carbocycles. The van der Waals surface area contributed by atoms with Crippen molar-refractivity contribution in [1.29, 1.82) is 0 Å². The molecule has 5 nitrogen and oxygen atoms in total. The molecule has 2 N–H and O–H groups in total. The van der Waals surface area contributed by atoms with E-state index >= 15 is 0 Å². The molecule has 0 saturated heterocycles. The van der Waals surface area contributed by atoms with Crippen LogP contribution in [0.5, 0.6) is 0 Å². The summed E-state index contributed by atoms with van der Waals surface area (Å²) in [6.07, 6.45) is 3.39. The SMILES string of the molecule is Cc1cccc(C(=O)Nc2ccc(-c3cnc[nH]3)cc2)n1. The van der Waals surface area contributed by atoms with Gasteiger partial charge in [0.25, 0.3) is 5.91 Å². The third-order valence-corrected chi connectivity index (χ3v) is 3.07. The number of imidazole rings is 1. The van der Waals surface area contributed by atoms with Crippen LogP contribution in [0, 0.1) is 6.92 Å². The van der Waals surface area contributed by atoms with Gasteiger partial charge >= 0.3 is 0 Å². The minimum Gasteiger partial charge on any atom is -0.345 e. The van der Waals surface area contributed by atoms with E-state index in [9.17, 15) is 4.79 Å². The lowest BCUT2D eigenvalue weighted by atomic mass is 10.1. The number of benzene rings is 1. The van der Waals surface area contributed by atoms with Gasteiger partial charge in [-0.3, -0.25) is 4.79 Å². The number of carbonyl (C=O) groups is 1. The maximum atomic E-state index is 12.1. The third-order valence-electron chi connectivity index (χ3n) is 3.07. The zero-order valence-corrected chi connectivity index (χ0v) is 11.5. The highest BCUT2D eigenvalue weighted by molar-refractivity contribution is 6.02. The van der Waals surface area contributed by atoms with Gasteiger partial charge in [-0.2, -0.15) is 0 Å². The van der Waals surface area contributed by atoms with Gasteiger partial charge in [-0.15, -0.1) is 0 Å². The number of aryl methyl sites for hydroxylation is 1. The molecule has 0 bridgehead atoms. The summed E-state index contributed by atoms with van der Waals surface area (Å²) in [5.41, 5.74) is 3.91. The third kappa shape index (κ3) is 2.97. The number of anilines is 1. The van der Waals surface area contributed by atoms with Crippen LogP contribution in [0.25, 0.3) is 11.3 Å². The fourth-order valence-electron chi connectivity index (χ4n) is 2.01. The molecule has 0 aliphatic heterocycles. The normalized spacial score (nSPS) is 10.3. The lowest BCUT2D eigenvalue weighted by Crippen LogP contribution is -2.13. The first-order valence-electron chi connectivity index (χ1n) is 6.56. The second kappa shape index (κ2) is 5.58. The number of nitrogens with zero attached hydrogens (tertiary/aromatic N) is 2. The van der Waals surface area contributed by atoms with Crippen LogP contribution in [-0.2, 0) is 0 Å². The van der Waals surface area contributed by atoms with Crippen LogP contribution in [0.1, 0.15) is 16.2 Å². The Kier molecular flexibility index (Phi) is 3.47. The second-order valence-corrected chi connectivity index (χ2v) is 4.66. The van der Waals surface area contributed by atoms with Gasteiger partial charge in [0, 0.05) is 11.4 Å². The van der Waals surface area contributed by atoms with Crippen molar-refractivity contribution < 1.29 is 4.79 Å². The predicted octanol–water partition coefficient (Wildman–Crippen LogP) is 3.03. The number of hydrogen-bond acceptors (Lipinski definition) is 3. The van der Waals surface area contributed by atoms with Crippen molar-refractivity contribution in [3.8, 4) is 11.3 Å². The van der Waals surface area contributed by atoms with E-state index in [1.807, 2.05) is 43.3 Å². The van der Waals surface area contributed by atoms with Crippen molar-refractivity contribution in [1.82, 2.24) is 15.0 Å². The summed E-state index contributed by atoms with van der Waals surface area (Å²) in [5, 5.41) is 2.83. The predicted molar refractivity (Wildman–Crippen MR) is 81.0 cm³/mol. The summed E-state index contributed by atoms with van der Waals surface area (Å²) in [4.78, 5) is 23.3. The van der Waals surface area contributed by atoms with Crippen molar-refractivity contribution in [3.63, 3.8) is 0 Å². The molecule has 3 aromatic rings. The highest BCUT2D eigenvalue weighted by Gasteiger charge is 2.07. The molecule has 3 rings (SSSR count). The van der Waals surface area contributed by atoms with E-state index in [0.29, 0.717) is 5.69 Å². The van der Waals surface area contributed by atoms with E-state index in [1.54, 1.807) is 18.6 Å². The largest absolute Gasteiger partial charge is 0.345 e. The van der Waals surface area contributed by atoms with Crippen LogP contribution in [0.3, 0.4) is 0 Å². The number of aromatic amines is 1. The zero-order chi connectivity index (χ0) is 14.7. The molecule has 0 fully saturated rings. The van der Waals surface area contributed by atoms with Gasteiger partial charge in [0.1, 0.15) is 5.69 Å². The Labute approximate surface area is 122 Å². The molecule has 0 atom stereocenters. The Morgan fingerprint density at radius 1 is 1.14 bits per heavy atom. The number of rotatable bonds is 3. The Bertz CT molecular complexity index is 748. The van der Waals surface area contributed by atoms with Crippen LogP contribution < -0.4 is 5.32 Å². The van der Waals surface area contributed by atoms with Crippen LogP contribution in [0.2, 0.25) is 0 Å². The van der Waals surface area contributed by atoms with E-state index in [-0.39, 0.29) is 5.91 Å². The molecule has 0 spiro atoms. The van der Waals surface area contributed by atoms with Gasteiger partial charge in [-0.05, 0) is 36.8 Å². The first kappa shape index (κ1) is 13.1. The molecule has 5 heteroatoms. The molecular formula is C16H14N4O. The topological polar surface area (TPSA) is 70.7 Å². The Balaban J connectivity index is 1.75. The van der Waals surface area contributed by atoms with Gasteiger partial charge in [0.15, 0.2) is 0 Å². The summed E-state index contributed by atoms with van der Waals surface area (Å²) in [5.74, 6) is -0.215. The van der Waals surface area contributed by atoms with E-state index in [4.69, 9.17) is 0 Å². The van der Waals surface area contributed by atoms with Gasteiger partial charge in [-0.25, -0.2) is 9.97 Å². The average molecular weight is 278 g/mol. The summed E-state index contributed by atoms with van der Waals surface area (Å²) in [6, 6.07) is 12.9. The van der Waals surface area contributed by atoms with Crippen molar-refractivity contribution in [2.45, 2.75) is 6.92 Å². The molecule has 21 heavy (non-hydrogen) atoms. The number of hydrogen-bond donors (Lipinski definition) is 2. The van der Waals surface area contributed by atoms with Crippen molar-refractivity contribution in [3.05, 3.63) is 66.4 Å². The Morgan fingerprint density at radius 2 is 1.95 bits per heavy atom. The molecule has 1 aromatic carbocycles. The maximum Gasteiger partial charge on any atom is 0.274 e. The van der Waals surface area contributed by atoms with Gasteiger partial charge in [0.2, 0.25) is 0 Å². The second-order valence-electron chi connectivity index (χ2n) is 4.66.